The molecule has 2 radical (unpaired) electrons. The van der Waals surface area contributed by atoms with Gasteiger partial charge in [-0.2, -0.15) is 10.2 Å². The zero-order valence-corrected chi connectivity index (χ0v) is 15.5. The number of nitrogens with zero attached hydrogens (tertiary/aromatic N) is 4. The number of hydrogen-bond donors (Lipinski definition) is 1. The van der Waals surface area contributed by atoms with Crippen molar-refractivity contribution in [2.24, 2.45) is 0 Å². The van der Waals surface area contributed by atoms with E-state index in [1.807, 2.05) is 13.0 Å². The summed E-state index contributed by atoms with van der Waals surface area (Å²) in [4.78, 5) is 18.7. The van der Waals surface area contributed by atoms with Gasteiger partial charge in [-0.1, -0.05) is 29.7 Å². The van der Waals surface area contributed by atoms with E-state index in [2.05, 4.69) is 15.5 Å². The van der Waals surface area contributed by atoms with Crippen molar-refractivity contribution < 1.29 is 13.7 Å². The minimum absolute atomic E-state index is 0.263. The third-order valence-electron chi connectivity index (χ3n) is 5.61. The van der Waals surface area contributed by atoms with Gasteiger partial charge in [0.15, 0.2) is 5.82 Å². The number of urea groups is 1. The number of likely N-dealkylation sites (tertiary alicyclic amines) is 1. The number of anilines is 1. The van der Waals surface area contributed by atoms with Gasteiger partial charge in [0.25, 0.3) is 0 Å². The third kappa shape index (κ3) is 3.35. The predicted molar refractivity (Wildman–Crippen MR) is 100 cm³/mol. The summed E-state index contributed by atoms with van der Waals surface area (Å²) in [6, 6.07) is 6.64. The summed E-state index contributed by atoms with van der Waals surface area (Å²) in [5, 5.41) is 16.0. The van der Waals surface area contributed by atoms with Crippen molar-refractivity contribution in [2.75, 3.05) is 18.4 Å². The first-order chi connectivity index (χ1) is 13.4. The zero-order chi connectivity index (χ0) is 19.9. The van der Waals surface area contributed by atoms with Crippen molar-refractivity contribution in [3.8, 4) is 6.07 Å². The molecule has 0 bridgehead atoms. The first kappa shape index (κ1) is 18.5. The smallest absolute Gasteiger partial charge is 0.321 e. The van der Waals surface area contributed by atoms with Gasteiger partial charge in [0.2, 0.25) is 5.89 Å². The fraction of sp³-hybridized carbons (Fsp3) is 0.474. The number of hydrogen-bond acceptors (Lipinski definition) is 5. The molecule has 2 atom stereocenters. The minimum atomic E-state index is -0.879. The Bertz CT molecular complexity index is 948. The Labute approximate surface area is 163 Å². The standard InChI is InChI=1S/C19H19BFN5O2/c1-19(17-24-16(28-25-17)12-9-14(12)21)5-7-26(8-6-19)18(27)23-15-11(10-22)3-2-4-13(15)20/h2-4,12,14H,5-9H2,1H3,(H,23,27)/t12-,14+/m1/s1. The number of para-hydroxylation sites is 1. The SMILES string of the molecule is [B]c1cccc(C#N)c1NC(=O)N1CCC(C)(c2noc([C@@H]3C[C@@H]3F)n2)CC1. The molecule has 2 amide bonds. The van der Waals surface area contributed by atoms with Crippen LogP contribution in [0.2, 0.25) is 0 Å². The molecule has 2 aromatic rings. The van der Waals surface area contributed by atoms with Gasteiger partial charge in [0.05, 0.1) is 17.2 Å². The number of nitrogens with one attached hydrogen (secondary N) is 1. The summed E-state index contributed by atoms with van der Waals surface area (Å²) in [6.07, 6.45) is 0.867. The first-order valence-electron chi connectivity index (χ1n) is 9.24. The predicted octanol–water partition coefficient (Wildman–Crippen LogP) is 2.15. The number of aromatic nitrogens is 2. The Morgan fingerprint density at radius 2 is 2.18 bits per heavy atom. The average Bonchev–Trinajstić information content (AvgIpc) is 3.20. The quantitative estimate of drug-likeness (QED) is 0.825. The van der Waals surface area contributed by atoms with E-state index in [0.29, 0.717) is 60.8 Å². The highest BCUT2D eigenvalue weighted by Gasteiger charge is 2.45. The highest BCUT2D eigenvalue weighted by atomic mass is 19.1. The lowest BCUT2D eigenvalue weighted by Gasteiger charge is -2.37. The first-order valence-corrected chi connectivity index (χ1v) is 9.24. The van der Waals surface area contributed by atoms with Gasteiger partial charge in [-0.15, -0.1) is 0 Å². The normalized spacial score (nSPS) is 23.1. The molecular formula is C19H19BFN5O2. The van der Waals surface area contributed by atoms with Crippen LogP contribution in [0.5, 0.6) is 0 Å². The lowest BCUT2D eigenvalue weighted by molar-refractivity contribution is 0.169. The van der Waals surface area contributed by atoms with Gasteiger partial charge in [0.1, 0.15) is 20.1 Å². The molecule has 9 heteroatoms. The Kier molecular flexibility index (Phi) is 4.57. The van der Waals surface area contributed by atoms with E-state index < -0.39 is 6.17 Å². The van der Waals surface area contributed by atoms with Crippen LogP contribution in [0.4, 0.5) is 14.9 Å². The number of carbonyl (C=O) groups is 1. The molecular weight excluding hydrogens is 360 g/mol. The van der Waals surface area contributed by atoms with Crippen LogP contribution in [-0.2, 0) is 5.41 Å². The van der Waals surface area contributed by atoms with Crippen molar-refractivity contribution in [1.29, 1.82) is 5.26 Å². The van der Waals surface area contributed by atoms with Crippen LogP contribution in [0.25, 0.3) is 0 Å². The number of benzene rings is 1. The fourth-order valence-electron chi connectivity index (χ4n) is 3.47. The maximum Gasteiger partial charge on any atom is 0.321 e. The molecule has 2 heterocycles. The van der Waals surface area contributed by atoms with Crippen LogP contribution >= 0.6 is 0 Å². The van der Waals surface area contributed by atoms with E-state index in [9.17, 15) is 14.4 Å². The molecule has 4 rings (SSSR count). The summed E-state index contributed by atoms with van der Waals surface area (Å²) < 4.78 is 18.4. The number of alkyl halides is 1. The summed E-state index contributed by atoms with van der Waals surface area (Å²) in [5.41, 5.74) is 0.667. The molecule has 1 aliphatic heterocycles. The van der Waals surface area contributed by atoms with Crippen molar-refractivity contribution in [3.63, 3.8) is 0 Å². The maximum absolute atomic E-state index is 13.2. The second-order valence-electron chi connectivity index (χ2n) is 7.67. The number of nitriles is 1. The third-order valence-corrected chi connectivity index (χ3v) is 5.61. The maximum atomic E-state index is 13.2. The second kappa shape index (κ2) is 6.93. The molecule has 1 aromatic heterocycles. The van der Waals surface area contributed by atoms with E-state index in [4.69, 9.17) is 12.4 Å². The highest BCUT2D eigenvalue weighted by molar-refractivity contribution is 6.36. The molecule has 0 spiro atoms. The molecule has 1 aliphatic carbocycles. The molecule has 2 fully saturated rings. The Hall–Kier alpha value is -2.89. The van der Waals surface area contributed by atoms with Crippen LogP contribution in [-0.4, -0.2) is 48.2 Å². The second-order valence-corrected chi connectivity index (χ2v) is 7.67. The van der Waals surface area contributed by atoms with E-state index >= 15 is 0 Å². The van der Waals surface area contributed by atoms with Crippen LogP contribution in [0.3, 0.4) is 0 Å². The van der Waals surface area contributed by atoms with Crippen molar-refractivity contribution >= 4 is 25.0 Å². The lowest BCUT2D eigenvalue weighted by atomic mass is 9.79. The van der Waals surface area contributed by atoms with Crippen molar-refractivity contribution in [2.45, 2.75) is 43.7 Å². The molecule has 1 aromatic carbocycles. The summed E-state index contributed by atoms with van der Waals surface area (Å²) in [6.45, 7) is 3.02. The molecule has 142 valence electrons. The summed E-state index contributed by atoms with van der Waals surface area (Å²) >= 11 is 0. The Balaban J connectivity index is 1.40. The zero-order valence-electron chi connectivity index (χ0n) is 15.5. The number of amides is 2. The van der Waals surface area contributed by atoms with Crippen LogP contribution in [0, 0.1) is 11.3 Å². The molecule has 0 unspecified atom stereocenters. The Morgan fingerprint density at radius 1 is 1.46 bits per heavy atom. The molecule has 1 saturated heterocycles. The van der Waals surface area contributed by atoms with Gasteiger partial charge in [-0.05, 0) is 25.3 Å². The van der Waals surface area contributed by atoms with E-state index in [-0.39, 0.29) is 17.4 Å². The monoisotopic (exact) mass is 379 g/mol. The number of halogens is 1. The van der Waals surface area contributed by atoms with E-state index in [0.717, 1.165) is 0 Å². The van der Waals surface area contributed by atoms with E-state index in [1.165, 1.54) is 0 Å². The summed E-state index contributed by atoms with van der Waals surface area (Å²) in [5.74, 6) is 0.676. The number of carbonyl (C=O) groups excluding carboxylic acids is 1. The molecule has 2 aliphatic rings. The average molecular weight is 379 g/mol. The minimum Gasteiger partial charge on any atom is -0.339 e. The van der Waals surface area contributed by atoms with Crippen molar-refractivity contribution in [1.82, 2.24) is 15.0 Å². The van der Waals surface area contributed by atoms with Crippen LogP contribution in [0.1, 0.15) is 49.4 Å². The van der Waals surface area contributed by atoms with Gasteiger partial charge < -0.3 is 14.7 Å². The largest absolute Gasteiger partial charge is 0.339 e. The van der Waals surface area contributed by atoms with E-state index in [1.54, 1.807) is 23.1 Å². The summed E-state index contributed by atoms with van der Waals surface area (Å²) in [7, 11) is 5.90. The number of piperidine rings is 1. The topological polar surface area (TPSA) is 95.1 Å². The molecule has 1 N–H and O–H groups in total. The molecule has 7 nitrogen and oxygen atoms in total. The van der Waals surface area contributed by atoms with Gasteiger partial charge in [-0.25, -0.2) is 9.18 Å². The lowest BCUT2D eigenvalue weighted by Crippen LogP contribution is -2.46. The molecule has 1 saturated carbocycles. The van der Waals surface area contributed by atoms with Crippen molar-refractivity contribution in [3.05, 3.63) is 35.5 Å². The van der Waals surface area contributed by atoms with Crippen LogP contribution < -0.4 is 10.8 Å². The van der Waals surface area contributed by atoms with Crippen LogP contribution in [0.15, 0.2) is 22.7 Å². The fourth-order valence-corrected chi connectivity index (χ4v) is 3.47. The van der Waals surface area contributed by atoms with Gasteiger partial charge >= 0.3 is 6.03 Å². The Morgan fingerprint density at radius 3 is 2.82 bits per heavy atom. The number of rotatable bonds is 3. The van der Waals surface area contributed by atoms with Gasteiger partial charge in [0, 0.05) is 18.5 Å². The van der Waals surface area contributed by atoms with Gasteiger partial charge in [-0.3, -0.25) is 0 Å². The highest BCUT2D eigenvalue weighted by Crippen LogP contribution is 2.43. The molecule has 28 heavy (non-hydrogen) atoms.